The van der Waals surface area contributed by atoms with E-state index in [2.05, 4.69) is 0 Å². The average molecular weight is 255 g/mol. The number of amides is 1. The first-order valence-corrected chi connectivity index (χ1v) is 4.82. The predicted molar refractivity (Wildman–Crippen MR) is 60.9 cm³/mol. The summed E-state index contributed by atoms with van der Waals surface area (Å²) in [6, 6.07) is 8.76. The summed E-state index contributed by atoms with van der Waals surface area (Å²) in [6.07, 6.45) is -2.54. The molecule has 0 spiro atoms. The average Bonchev–Trinajstić information content (AvgIpc) is 2.30. The number of carbonyl (C=O) groups is 3. The van der Waals surface area contributed by atoms with Crippen molar-refractivity contribution in [2.75, 3.05) is 0 Å². The Balaban J connectivity index is 0.000000321. The lowest BCUT2D eigenvalue weighted by molar-refractivity contribution is -0.152. The van der Waals surface area contributed by atoms with Gasteiger partial charge in [0.15, 0.2) is 6.10 Å². The number of nitrogens with two attached hydrogens (primary N) is 1. The van der Waals surface area contributed by atoms with Gasteiger partial charge >= 0.3 is 11.9 Å². The molecule has 18 heavy (non-hydrogen) atoms. The van der Waals surface area contributed by atoms with Crippen molar-refractivity contribution >= 4 is 17.8 Å². The lowest BCUT2D eigenvalue weighted by Crippen LogP contribution is -2.22. The summed E-state index contributed by atoms with van der Waals surface area (Å²) in [6.45, 7) is 0. The van der Waals surface area contributed by atoms with Gasteiger partial charge in [0.1, 0.15) is 0 Å². The van der Waals surface area contributed by atoms with Crippen LogP contribution in [0.15, 0.2) is 30.3 Å². The molecule has 1 amide bonds. The molecule has 0 aliphatic heterocycles. The molecule has 0 saturated carbocycles. The van der Waals surface area contributed by atoms with Gasteiger partial charge < -0.3 is 21.1 Å². The first kappa shape index (κ1) is 15.6. The number of aliphatic carboxylic acids is 2. The van der Waals surface area contributed by atoms with E-state index in [-0.39, 0.29) is 5.91 Å². The van der Waals surface area contributed by atoms with E-state index in [0.29, 0.717) is 5.56 Å². The number of hydrogen-bond donors (Lipinski definition) is 4. The Bertz CT molecular complexity index is 417. The Kier molecular flexibility index (Phi) is 6.75. The van der Waals surface area contributed by atoms with Crippen LogP contribution in [0.2, 0.25) is 0 Å². The minimum atomic E-state index is -1.79. The Morgan fingerprint density at radius 1 is 1.11 bits per heavy atom. The summed E-state index contributed by atoms with van der Waals surface area (Å²) in [5.74, 6) is -3.22. The van der Waals surface area contributed by atoms with Crippen molar-refractivity contribution < 1.29 is 29.7 Å². The summed E-state index contributed by atoms with van der Waals surface area (Å²) in [5, 5.41) is 24.1. The zero-order valence-corrected chi connectivity index (χ0v) is 9.31. The van der Waals surface area contributed by atoms with Gasteiger partial charge in [-0.3, -0.25) is 9.59 Å². The molecule has 0 heterocycles. The maximum absolute atomic E-state index is 10.4. The Labute approximate surface area is 102 Å². The van der Waals surface area contributed by atoms with Crippen LogP contribution in [-0.4, -0.2) is 39.3 Å². The van der Waals surface area contributed by atoms with Gasteiger partial charge in [0.05, 0.1) is 6.42 Å². The van der Waals surface area contributed by atoms with Gasteiger partial charge in [-0.1, -0.05) is 18.2 Å². The van der Waals surface area contributed by atoms with Crippen LogP contribution in [0, 0.1) is 0 Å². The summed E-state index contributed by atoms with van der Waals surface area (Å²) in [4.78, 5) is 29.8. The van der Waals surface area contributed by atoms with E-state index in [1.165, 1.54) is 0 Å². The molecule has 1 aromatic rings. The number of primary amides is 1. The van der Waals surface area contributed by atoms with Gasteiger partial charge in [-0.2, -0.15) is 0 Å². The maximum atomic E-state index is 10.4. The van der Waals surface area contributed by atoms with E-state index in [1.807, 2.05) is 6.07 Å². The number of benzene rings is 1. The topological polar surface area (TPSA) is 138 Å². The molecular weight excluding hydrogens is 242 g/mol. The number of carbonyl (C=O) groups excluding carboxylic acids is 1. The highest BCUT2D eigenvalue weighted by atomic mass is 16.4. The smallest absolute Gasteiger partial charge is 0.333 e. The molecule has 1 aromatic carbocycles. The molecule has 1 rings (SSSR count). The van der Waals surface area contributed by atoms with Gasteiger partial charge in [0.25, 0.3) is 0 Å². The van der Waals surface area contributed by atoms with Crippen molar-refractivity contribution in [1.82, 2.24) is 0 Å². The fraction of sp³-hybridized carbons (Fsp3) is 0.182. The normalized spacial score (nSPS) is 10.7. The van der Waals surface area contributed by atoms with Crippen LogP contribution in [0.4, 0.5) is 0 Å². The van der Waals surface area contributed by atoms with Crippen LogP contribution in [-0.2, 0) is 9.59 Å². The SMILES string of the molecule is NC(=O)c1ccccc1.O=C(O)C[C@H](O)C(=O)O. The van der Waals surface area contributed by atoms with E-state index in [9.17, 15) is 14.4 Å². The summed E-state index contributed by atoms with van der Waals surface area (Å²) >= 11 is 0. The van der Waals surface area contributed by atoms with Crippen LogP contribution >= 0.6 is 0 Å². The minimum absolute atomic E-state index is 0.379. The van der Waals surface area contributed by atoms with Crippen LogP contribution in [0.25, 0.3) is 0 Å². The van der Waals surface area contributed by atoms with Crippen molar-refractivity contribution in [3.8, 4) is 0 Å². The highest BCUT2D eigenvalue weighted by Crippen LogP contribution is 1.94. The summed E-state index contributed by atoms with van der Waals surface area (Å²) < 4.78 is 0. The third-order valence-electron chi connectivity index (χ3n) is 1.71. The second-order valence-electron chi connectivity index (χ2n) is 3.18. The first-order valence-electron chi connectivity index (χ1n) is 4.82. The van der Waals surface area contributed by atoms with Gasteiger partial charge in [-0.25, -0.2) is 4.79 Å². The third kappa shape index (κ3) is 6.96. The van der Waals surface area contributed by atoms with E-state index < -0.39 is 24.5 Å². The van der Waals surface area contributed by atoms with Crippen LogP contribution in [0.1, 0.15) is 16.8 Å². The summed E-state index contributed by atoms with van der Waals surface area (Å²) in [5.41, 5.74) is 5.53. The molecular formula is C11H13NO6. The fourth-order valence-corrected chi connectivity index (χ4v) is 0.855. The number of hydrogen-bond acceptors (Lipinski definition) is 4. The second-order valence-corrected chi connectivity index (χ2v) is 3.18. The Morgan fingerprint density at radius 2 is 1.61 bits per heavy atom. The van der Waals surface area contributed by atoms with Crippen molar-refractivity contribution in [2.24, 2.45) is 5.73 Å². The monoisotopic (exact) mass is 255 g/mol. The lowest BCUT2D eigenvalue weighted by atomic mass is 10.2. The van der Waals surface area contributed by atoms with Crippen LogP contribution < -0.4 is 5.73 Å². The largest absolute Gasteiger partial charge is 0.481 e. The third-order valence-corrected chi connectivity index (χ3v) is 1.71. The Morgan fingerprint density at radius 3 is 1.83 bits per heavy atom. The molecule has 0 radical (unpaired) electrons. The van der Waals surface area contributed by atoms with Crippen molar-refractivity contribution in [3.63, 3.8) is 0 Å². The lowest BCUT2D eigenvalue weighted by Gasteiger charge is -1.97. The van der Waals surface area contributed by atoms with E-state index in [0.717, 1.165) is 0 Å². The van der Waals surface area contributed by atoms with E-state index in [1.54, 1.807) is 24.3 Å². The summed E-state index contributed by atoms with van der Waals surface area (Å²) in [7, 11) is 0. The van der Waals surface area contributed by atoms with Crippen molar-refractivity contribution in [1.29, 1.82) is 0 Å². The number of carboxylic acid groups (broad SMARTS) is 2. The number of carboxylic acids is 2. The maximum Gasteiger partial charge on any atom is 0.333 e. The molecule has 5 N–H and O–H groups in total. The van der Waals surface area contributed by atoms with Gasteiger partial charge in [0, 0.05) is 5.56 Å². The van der Waals surface area contributed by atoms with Gasteiger partial charge in [-0.15, -0.1) is 0 Å². The van der Waals surface area contributed by atoms with Gasteiger partial charge in [-0.05, 0) is 12.1 Å². The minimum Gasteiger partial charge on any atom is -0.481 e. The molecule has 0 unspecified atom stereocenters. The van der Waals surface area contributed by atoms with E-state index >= 15 is 0 Å². The number of aliphatic hydroxyl groups is 1. The van der Waals surface area contributed by atoms with E-state index in [4.69, 9.17) is 21.1 Å². The molecule has 0 aliphatic rings. The fourth-order valence-electron chi connectivity index (χ4n) is 0.855. The molecule has 0 fully saturated rings. The van der Waals surface area contributed by atoms with Crippen LogP contribution in [0.3, 0.4) is 0 Å². The molecule has 0 bridgehead atoms. The molecule has 0 saturated heterocycles. The van der Waals surface area contributed by atoms with Crippen LogP contribution in [0.5, 0.6) is 0 Å². The van der Waals surface area contributed by atoms with Gasteiger partial charge in [0.2, 0.25) is 5.91 Å². The zero-order valence-electron chi connectivity index (χ0n) is 9.31. The number of aliphatic hydroxyl groups excluding tert-OH is 1. The number of rotatable bonds is 4. The molecule has 0 aliphatic carbocycles. The Hall–Kier alpha value is -2.41. The highest BCUT2D eigenvalue weighted by molar-refractivity contribution is 5.92. The highest BCUT2D eigenvalue weighted by Gasteiger charge is 2.16. The second kappa shape index (κ2) is 7.80. The van der Waals surface area contributed by atoms with Crippen molar-refractivity contribution in [2.45, 2.75) is 12.5 Å². The standard InChI is InChI=1S/C7H7NO.C4H6O5/c8-7(9)6-4-2-1-3-5-6;5-2(4(8)9)1-3(6)7/h1-5H,(H2,8,9);2,5H,1H2,(H,6,7)(H,8,9)/t;2-/m.0/s1. The molecule has 98 valence electrons. The molecule has 1 atom stereocenters. The van der Waals surface area contributed by atoms with Crippen molar-refractivity contribution in [3.05, 3.63) is 35.9 Å². The predicted octanol–water partition coefficient (Wildman–Crippen LogP) is -0.308. The molecule has 0 aromatic heterocycles. The molecule has 7 heteroatoms. The zero-order chi connectivity index (χ0) is 14.1. The quantitative estimate of drug-likeness (QED) is 0.582. The molecule has 7 nitrogen and oxygen atoms in total. The first-order chi connectivity index (χ1) is 8.34.